The quantitative estimate of drug-likeness (QED) is 0.749. The van der Waals surface area contributed by atoms with Gasteiger partial charge in [-0.05, 0) is 42.8 Å². The van der Waals surface area contributed by atoms with E-state index in [1.165, 1.54) is 5.56 Å². The van der Waals surface area contributed by atoms with Gasteiger partial charge in [-0.3, -0.25) is 4.79 Å². The Morgan fingerprint density at radius 3 is 2.64 bits per heavy atom. The molecule has 1 heterocycles. The first-order valence-corrected chi connectivity index (χ1v) is 8.69. The number of carbonyl (C=O) groups excluding carboxylic acids is 1. The van der Waals surface area contributed by atoms with Gasteiger partial charge in [-0.2, -0.15) is 0 Å². The fourth-order valence-electron chi connectivity index (χ4n) is 2.90. The second-order valence-corrected chi connectivity index (χ2v) is 6.25. The Kier molecular flexibility index (Phi) is 6.04. The number of benzene rings is 2. The summed E-state index contributed by atoms with van der Waals surface area (Å²) in [6.07, 6.45) is 1.03. The van der Waals surface area contributed by atoms with Crippen molar-refractivity contribution in [1.82, 2.24) is 10.6 Å². The van der Waals surface area contributed by atoms with Crippen molar-refractivity contribution in [2.75, 3.05) is 19.7 Å². The smallest absolute Gasteiger partial charge is 0.251 e. The normalized spacial score (nSPS) is 20.0. The second-order valence-electron chi connectivity index (χ2n) is 6.25. The molecule has 2 unspecified atom stereocenters. The number of nitrogens with one attached hydrogen (secondary N) is 2. The van der Waals surface area contributed by atoms with E-state index in [4.69, 9.17) is 4.74 Å². The molecule has 5 nitrogen and oxygen atoms in total. The number of aliphatic hydroxyl groups excluding tert-OH is 1. The van der Waals surface area contributed by atoms with Gasteiger partial charge in [-0.1, -0.05) is 30.3 Å². The summed E-state index contributed by atoms with van der Waals surface area (Å²) < 4.78 is 5.73. The first-order valence-electron chi connectivity index (χ1n) is 8.69. The van der Waals surface area contributed by atoms with Gasteiger partial charge in [-0.15, -0.1) is 0 Å². The Hall–Kier alpha value is -2.37. The maximum absolute atomic E-state index is 12.3. The fraction of sp³-hybridized carbons (Fsp3) is 0.350. The fourth-order valence-corrected chi connectivity index (χ4v) is 2.90. The summed E-state index contributed by atoms with van der Waals surface area (Å²) in [6, 6.07) is 17.1. The third-order valence-electron chi connectivity index (χ3n) is 4.39. The number of amides is 1. The largest absolute Gasteiger partial charge is 0.493 e. The van der Waals surface area contributed by atoms with Crippen LogP contribution in [0.4, 0.5) is 0 Å². The Morgan fingerprint density at radius 1 is 1.16 bits per heavy atom. The van der Waals surface area contributed by atoms with Gasteiger partial charge in [0, 0.05) is 18.5 Å². The Bertz CT molecular complexity index is 673. The Labute approximate surface area is 148 Å². The number of piperidine rings is 1. The zero-order chi connectivity index (χ0) is 17.5. The summed E-state index contributed by atoms with van der Waals surface area (Å²) in [6.45, 7) is 1.91. The van der Waals surface area contributed by atoms with Crippen LogP contribution in [-0.2, 0) is 6.42 Å². The Morgan fingerprint density at radius 2 is 1.92 bits per heavy atom. The highest BCUT2D eigenvalue weighted by atomic mass is 16.5. The van der Waals surface area contributed by atoms with Crippen molar-refractivity contribution in [2.45, 2.75) is 25.0 Å². The van der Waals surface area contributed by atoms with E-state index in [1.807, 2.05) is 18.2 Å². The van der Waals surface area contributed by atoms with Crippen molar-refractivity contribution < 1.29 is 14.6 Å². The highest BCUT2D eigenvalue weighted by molar-refractivity contribution is 5.94. The molecule has 0 bridgehead atoms. The monoisotopic (exact) mass is 340 g/mol. The molecule has 1 amide bonds. The standard InChI is InChI=1S/C20H24N2O3/c23-19-14-21-12-10-18(19)22-20(24)16-6-8-17(9-7-16)25-13-11-15-4-2-1-3-5-15/h1-9,18-19,21,23H,10-14H2,(H,22,24). The van der Waals surface area contributed by atoms with Gasteiger partial charge in [0.2, 0.25) is 0 Å². The number of ether oxygens (including phenoxy) is 1. The molecule has 1 saturated heterocycles. The molecular weight excluding hydrogens is 316 g/mol. The van der Waals surface area contributed by atoms with E-state index < -0.39 is 6.10 Å². The van der Waals surface area contributed by atoms with Crippen LogP contribution in [0.1, 0.15) is 22.3 Å². The third kappa shape index (κ3) is 5.05. The lowest BCUT2D eigenvalue weighted by Gasteiger charge is -2.29. The molecule has 0 aromatic heterocycles. The molecule has 1 fully saturated rings. The van der Waals surface area contributed by atoms with Gasteiger partial charge in [0.25, 0.3) is 5.91 Å². The van der Waals surface area contributed by atoms with Crippen molar-refractivity contribution in [1.29, 1.82) is 0 Å². The van der Waals surface area contributed by atoms with Crippen LogP contribution in [0.5, 0.6) is 5.75 Å². The third-order valence-corrected chi connectivity index (χ3v) is 4.39. The van der Waals surface area contributed by atoms with Crippen LogP contribution in [0.2, 0.25) is 0 Å². The SMILES string of the molecule is O=C(NC1CCNCC1O)c1ccc(OCCc2ccccc2)cc1. The second kappa shape index (κ2) is 8.65. The van der Waals surface area contributed by atoms with E-state index >= 15 is 0 Å². The number of hydrogen-bond donors (Lipinski definition) is 3. The van der Waals surface area contributed by atoms with Crippen molar-refractivity contribution >= 4 is 5.91 Å². The summed E-state index contributed by atoms with van der Waals surface area (Å²) in [7, 11) is 0. The minimum Gasteiger partial charge on any atom is -0.493 e. The minimum atomic E-state index is -0.543. The number of rotatable bonds is 6. The molecule has 3 N–H and O–H groups in total. The molecule has 1 aliphatic heterocycles. The number of hydrogen-bond acceptors (Lipinski definition) is 4. The van der Waals surface area contributed by atoms with Crippen LogP contribution in [-0.4, -0.2) is 42.9 Å². The Balaban J connectivity index is 1.48. The molecule has 5 heteroatoms. The molecule has 0 radical (unpaired) electrons. The number of aliphatic hydroxyl groups is 1. The van der Waals surface area contributed by atoms with E-state index in [9.17, 15) is 9.90 Å². The predicted octanol–water partition coefficient (Wildman–Crippen LogP) is 1.76. The van der Waals surface area contributed by atoms with Gasteiger partial charge in [0.1, 0.15) is 5.75 Å². The van der Waals surface area contributed by atoms with Crippen molar-refractivity contribution in [3.8, 4) is 5.75 Å². The van der Waals surface area contributed by atoms with Crippen LogP contribution < -0.4 is 15.4 Å². The molecule has 0 aliphatic carbocycles. The van der Waals surface area contributed by atoms with E-state index in [1.54, 1.807) is 24.3 Å². The van der Waals surface area contributed by atoms with Gasteiger partial charge in [0.05, 0.1) is 18.8 Å². The van der Waals surface area contributed by atoms with Gasteiger partial charge < -0.3 is 20.5 Å². The molecule has 0 saturated carbocycles. The van der Waals surface area contributed by atoms with Gasteiger partial charge in [-0.25, -0.2) is 0 Å². The van der Waals surface area contributed by atoms with E-state index in [-0.39, 0.29) is 11.9 Å². The maximum atomic E-state index is 12.3. The lowest BCUT2D eigenvalue weighted by Crippen LogP contribution is -2.52. The molecule has 3 rings (SSSR count). The highest BCUT2D eigenvalue weighted by Gasteiger charge is 2.24. The summed E-state index contributed by atoms with van der Waals surface area (Å²) >= 11 is 0. The lowest BCUT2D eigenvalue weighted by atomic mass is 10.0. The molecule has 2 atom stereocenters. The average Bonchev–Trinajstić information content (AvgIpc) is 2.65. The number of carbonyl (C=O) groups is 1. The minimum absolute atomic E-state index is 0.165. The van der Waals surface area contributed by atoms with Crippen molar-refractivity contribution in [3.05, 3.63) is 65.7 Å². The summed E-state index contributed by atoms with van der Waals surface area (Å²) in [5.74, 6) is 0.580. The van der Waals surface area contributed by atoms with E-state index in [2.05, 4.69) is 22.8 Å². The lowest BCUT2D eigenvalue weighted by molar-refractivity contribution is 0.0765. The first kappa shape index (κ1) is 17.5. The number of β-amino-alcohol motifs (C(OH)–C–C–N with tert-alkyl or cyclic N) is 1. The van der Waals surface area contributed by atoms with Gasteiger partial charge in [0.15, 0.2) is 0 Å². The van der Waals surface area contributed by atoms with Crippen molar-refractivity contribution in [3.63, 3.8) is 0 Å². The van der Waals surface area contributed by atoms with Crippen LogP contribution in [0.15, 0.2) is 54.6 Å². The average molecular weight is 340 g/mol. The maximum Gasteiger partial charge on any atom is 0.251 e. The molecule has 1 aliphatic rings. The highest BCUT2D eigenvalue weighted by Crippen LogP contribution is 2.14. The van der Waals surface area contributed by atoms with E-state index in [0.29, 0.717) is 18.7 Å². The van der Waals surface area contributed by atoms with E-state index in [0.717, 1.165) is 25.1 Å². The zero-order valence-corrected chi connectivity index (χ0v) is 14.2. The molecule has 2 aromatic rings. The molecular formula is C20H24N2O3. The van der Waals surface area contributed by atoms with Crippen LogP contribution in [0, 0.1) is 0 Å². The first-order chi connectivity index (χ1) is 12.2. The summed E-state index contributed by atoms with van der Waals surface area (Å²) in [5, 5.41) is 15.9. The summed E-state index contributed by atoms with van der Waals surface area (Å²) in [5.41, 5.74) is 1.81. The molecule has 25 heavy (non-hydrogen) atoms. The topological polar surface area (TPSA) is 70.6 Å². The molecule has 0 spiro atoms. The van der Waals surface area contributed by atoms with Crippen molar-refractivity contribution in [2.24, 2.45) is 0 Å². The van der Waals surface area contributed by atoms with Crippen LogP contribution >= 0.6 is 0 Å². The molecule has 2 aromatic carbocycles. The summed E-state index contributed by atoms with van der Waals surface area (Å²) in [4.78, 5) is 12.3. The van der Waals surface area contributed by atoms with Crippen LogP contribution in [0.25, 0.3) is 0 Å². The van der Waals surface area contributed by atoms with Crippen LogP contribution in [0.3, 0.4) is 0 Å². The van der Waals surface area contributed by atoms with Gasteiger partial charge >= 0.3 is 0 Å². The predicted molar refractivity (Wildman–Crippen MR) is 96.8 cm³/mol. The zero-order valence-electron chi connectivity index (χ0n) is 14.2. The molecule has 132 valence electrons.